The van der Waals surface area contributed by atoms with E-state index in [1.165, 1.54) is 12.8 Å². The molecule has 0 fully saturated rings. The van der Waals surface area contributed by atoms with Gasteiger partial charge in [0.05, 0.1) is 6.10 Å². The average molecular weight is 211 g/mol. The monoisotopic (exact) mass is 211 g/mol. The Hall–Kier alpha value is -0.600. The summed E-state index contributed by atoms with van der Waals surface area (Å²) in [5, 5.41) is 9.67. The van der Waals surface area contributed by atoms with Gasteiger partial charge in [-0.15, -0.1) is 0 Å². The van der Waals surface area contributed by atoms with Gasteiger partial charge in [-0.25, -0.2) is 0 Å². The molecule has 1 atom stereocenters. The van der Waals surface area contributed by atoms with Crippen LogP contribution in [0.1, 0.15) is 46.0 Å². The quantitative estimate of drug-likeness (QED) is 0.479. The lowest BCUT2D eigenvalue weighted by Gasteiger charge is -2.09. The van der Waals surface area contributed by atoms with Gasteiger partial charge in [0.25, 0.3) is 0 Å². The molecule has 3 N–H and O–H groups in total. The summed E-state index contributed by atoms with van der Waals surface area (Å²) in [4.78, 5) is 0. The largest absolute Gasteiger partial charge is 0.387 e. The Morgan fingerprint density at radius 1 is 1.27 bits per heavy atom. The summed E-state index contributed by atoms with van der Waals surface area (Å²) in [5.41, 5.74) is 6.43. The molecule has 0 rings (SSSR count). The molecule has 2 heteroatoms. The highest BCUT2D eigenvalue weighted by atomic mass is 16.3. The summed E-state index contributed by atoms with van der Waals surface area (Å²) in [5.74, 6) is 0. The number of unbranched alkanes of at least 4 members (excludes halogenated alkanes) is 3. The minimum Gasteiger partial charge on any atom is -0.387 e. The molecule has 0 saturated carbocycles. The van der Waals surface area contributed by atoms with Crippen molar-refractivity contribution in [1.29, 1.82) is 0 Å². The maximum atomic E-state index is 9.67. The molecule has 0 aromatic heterocycles. The van der Waals surface area contributed by atoms with E-state index in [-0.39, 0.29) is 0 Å². The van der Waals surface area contributed by atoms with Crippen LogP contribution in [-0.2, 0) is 0 Å². The van der Waals surface area contributed by atoms with E-state index in [4.69, 9.17) is 5.73 Å². The fourth-order valence-corrected chi connectivity index (χ4v) is 1.31. The van der Waals surface area contributed by atoms with Crippen molar-refractivity contribution < 1.29 is 5.11 Å². The molecule has 0 aliphatic heterocycles. The third kappa shape index (κ3) is 7.34. The Labute approximate surface area is 93.9 Å². The van der Waals surface area contributed by atoms with Crippen molar-refractivity contribution in [3.05, 3.63) is 23.8 Å². The van der Waals surface area contributed by atoms with Crippen molar-refractivity contribution in [1.82, 2.24) is 0 Å². The number of aliphatic hydroxyl groups is 1. The second kappa shape index (κ2) is 9.94. The van der Waals surface area contributed by atoms with Gasteiger partial charge in [0.1, 0.15) is 0 Å². The molecule has 1 unspecified atom stereocenters. The van der Waals surface area contributed by atoms with E-state index in [0.29, 0.717) is 6.54 Å². The molecule has 15 heavy (non-hydrogen) atoms. The maximum Gasteiger partial charge on any atom is 0.0909 e. The summed E-state index contributed by atoms with van der Waals surface area (Å²) >= 11 is 0. The predicted molar refractivity (Wildman–Crippen MR) is 66.7 cm³/mol. The highest BCUT2D eigenvalue weighted by Crippen LogP contribution is 2.08. The number of rotatable bonds is 8. The Bertz CT molecular complexity index is 197. The minimum atomic E-state index is -0.505. The molecular formula is C13H25NO. The first-order chi connectivity index (χ1) is 7.26. The van der Waals surface area contributed by atoms with Crippen LogP contribution < -0.4 is 5.73 Å². The van der Waals surface area contributed by atoms with Crippen LogP contribution in [0.3, 0.4) is 0 Å². The molecule has 2 nitrogen and oxygen atoms in total. The Kier molecular flexibility index (Phi) is 9.54. The summed E-state index contributed by atoms with van der Waals surface area (Å²) in [6.45, 7) is 4.61. The van der Waals surface area contributed by atoms with Crippen molar-refractivity contribution in [3.63, 3.8) is 0 Å². The Morgan fingerprint density at radius 3 is 2.53 bits per heavy atom. The highest BCUT2D eigenvalue weighted by molar-refractivity contribution is 5.23. The second-order valence-corrected chi connectivity index (χ2v) is 3.79. The molecule has 0 radical (unpaired) electrons. The zero-order valence-corrected chi connectivity index (χ0v) is 10.1. The van der Waals surface area contributed by atoms with Crippen LogP contribution >= 0.6 is 0 Å². The lowest BCUT2D eigenvalue weighted by Crippen LogP contribution is -2.21. The smallest absolute Gasteiger partial charge is 0.0909 e. The zero-order chi connectivity index (χ0) is 11.5. The normalized spacial score (nSPS) is 14.8. The van der Waals surface area contributed by atoms with Gasteiger partial charge in [0.2, 0.25) is 0 Å². The van der Waals surface area contributed by atoms with Crippen LogP contribution in [0.5, 0.6) is 0 Å². The van der Waals surface area contributed by atoms with Crippen molar-refractivity contribution in [3.8, 4) is 0 Å². The molecule has 0 amide bonds. The van der Waals surface area contributed by atoms with E-state index in [1.54, 1.807) is 0 Å². The van der Waals surface area contributed by atoms with Gasteiger partial charge >= 0.3 is 0 Å². The van der Waals surface area contributed by atoms with Crippen LogP contribution in [0.2, 0.25) is 0 Å². The molecule has 0 saturated heterocycles. The lowest BCUT2D eigenvalue weighted by atomic mass is 10.1. The molecule has 0 aliphatic rings. The van der Waals surface area contributed by atoms with Crippen LogP contribution in [0.4, 0.5) is 0 Å². The van der Waals surface area contributed by atoms with E-state index < -0.39 is 6.10 Å². The summed E-state index contributed by atoms with van der Waals surface area (Å²) < 4.78 is 0. The molecular weight excluding hydrogens is 186 g/mol. The zero-order valence-electron chi connectivity index (χ0n) is 10.1. The SMILES string of the molecule is CCC/C=C\C(=C/CCCC)C(O)CN. The molecule has 0 bridgehead atoms. The number of hydrogen-bond donors (Lipinski definition) is 2. The first kappa shape index (κ1) is 14.4. The van der Waals surface area contributed by atoms with Crippen LogP contribution in [-0.4, -0.2) is 17.8 Å². The molecule has 88 valence electrons. The van der Waals surface area contributed by atoms with Crippen LogP contribution in [0, 0.1) is 0 Å². The number of allylic oxidation sites excluding steroid dienone is 2. The standard InChI is InChI=1S/C13H25NO/c1-3-5-7-9-12(13(15)11-14)10-8-6-4-2/h7,9-10,13,15H,3-6,8,11,14H2,1-2H3/b9-7-,12-10+. The third-order valence-electron chi connectivity index (χ3n) is 2.31. The van der Waals surface area contributed by atoms with Crippen LogP contribution in [0.25, 0.3) is 0 Å². The van der Waals surface area contributed by atoms with Gasteiger partial charge in [-0.1, -0.05) is 51.3 Å². The van der Waals surface area contributed by atoms with Crippen LogP contribution in [0.15, 0.2) is 23.8 Å². The van der Waals surface area contributed by atoms with Gasteiger partial charge in [-0.2, -0.15) is 0 Å². The Balaban J connectivity index is 4.23. The summed E-state index contributed by atoms with van der Waals surface area (Å²) in [7, 11) is 0. The molecule has 0 aromatic rings. The van der Waals surface area contributed by atoms with Crippen molar-refractivity contribution in [2.45, 2.75) is 52.1 Å². The fourth-order valence-electron chi connectivity index (χ4n) is 1.31. The van der Waals surface area contributed by atoms with E-state index in [1.807, 2.05) is 6.08 Å². The van der Waals surface area contributed by atoms with E-state index in [2.05, 4.69) is 26.0 Å². The molecule has 0 spiro atoms. The van der Waals surface area contributed by atoms with E-state index >= 15 is 0 Å². The van der Waals surface area contributed by atoms with Crippen molar-refractivity contribution in [2.75, 3.05) is 6.54 Å². The average Bonchev–Trinajstić information content (AvgIpc) is 2.26. The first-order valence-electron chi connectivity index (χ1n) is 6.00. The third-order valence-corrected chi connectivity index (χ3v) is 2.31. The maximum absolute atomic E-state index is 9.67. The first-order valence-corrected chi connectivity index (χ1v) is 6.00. The fraction of sp³-hybridized carbons (Fsp3) is 0.692. The van der Waals surface area contributed by atoms with Crippen molar-refractivity contribution >= 4 is 0 Å². The Morgan fingerprint density at radius 2 is 2.00 bits per heavy atom. The predicted octanol–water partition coefficient (Wildman–Crippen LogP) is 2.78. The number of nitrogens with two attached hydrogens (primary N) is 1. The molecule has 0 heterocycles. The van der Waals surface area contributed by atoms with E-state index in [0.717, 1.165) is 24.8 Å². The minimum absolute atomic E-state index is 0.300. The van der Waals surface area contributed by atoms with E-state index in [9.17, 15) is 5.11 Å². The number of hydrogen-bond acceptors (Lipinski definition) is 2. The van der Waals surface area contributed by atoms with Gasteiger partial charge in [0, 0.05) is 6.54 Å². The molecule has 0 aromatic carbocycles. The van der Waals surface area contributed by atoms with Gasteiger partial charge in [-0.3, -0.25) is 0 Å². The number of aliphatic hydroxyl groups excluding tert-OH is 1. The second-order valence-electron chi connectivity index (χ2n) is 3.79. The van der Waals surface area contributed by atoms with Gasteiger partial charge < -0.3 is 10.8 Å². The van der Waals surface area contributed by atoms with Gasteiger partial charge in [-0.05, 0) is 18.4 Å². The summed E-state index contributed by atoms with van der Waals surface area (Å²) in [6, 6.07) is 0. The lowest BCUT2D eigenvalue weighted by molar-refractivity contribution is 0.222. The highest BCUT2D eigenvalue weighted by Gasteiger charge is 2.04. The topological polar surface area (TPSA) is 46.2 Å². The molecule has 0 aliphatic carbocycles. The van der Waals surface area contributed by atoms with Gasteiger partial charge in [0.15, 0.2) is 0 Å². The van der Waals surface area contributed by atoms with Crippen molar-refractivity contribution in [2.24, 2.45) is 5.73 Å². The summed E-state index contributed by atoms with van der Waals surface area (Å²) in [6.07, 6.45) is 11.3.